The fourth-order valence-corrected chi connectivity index (χ4v) is 2.59. The Morgan fingerprint density at radius 1 is 1.43 bits per heavy atom. The predicted molar refractivity (Wildman–Crippen MR) is 73.4 cm³/mol. The number of nitrogens with two attached hydrogens (primary N) is 1. The summed E-state index contributed by atoms with van der Waals surface area (Å²) >= 11 is 5.85. The molecule has 21 heavy (non-hydrogen) atoms. The fraction of sp³-hybridized carbons (Fsp3) is 0.667. The molecule has 0 radical (unpaired) electrons. The van der Waals surface area contributed by atoms with E-state index in [-0.39, 0.29) is 22.8 Å². The summed E-state index contributed by atoms with van der Waals surface area (Å²) in [7, 11) is 0. The Labute approximate surface area is 124 Å². The molecule has 0 aromatic carbocycles. The summed E-state index contributed by atoms with van der Waals surface area (Å²) in [6.45, 7) is -1.46. The van der Waals surface area contributed by atoms with Crippen molar-refractivity contribution in [2.45, 2.75) is 50.5 Å². The maximum Gasteiger partial charge on any atom is 0.408 e. The third kappa shape index (κ3) is 4.10. The molecule has 0 unspecified atom stereocenters. The van der Waals surface area contributed by atoms with E-state index in [4.69, 9.17) is 17.3 Å². The molecule has 0 amide bonds. The zero-order valence-corrected chi connectivity index (χ0v) is 11.9. The van der Waals surface area contributed by atoms with E-state index in [2.05, 4.69) is 10.4 Å². The molecule has 1 fully saturated rings. The minimum atomic E-state index is -4.53. The van der Waals surface area contributed by atoms with Crippen LogP contribution >= 0.6 is 11.6 Å². The smallest absolute Gasteiger partial charge is 0.378 e. The number of halogens is 4. The Morgan fingerprint density at radius 2 is 2.10 bits per heavy atom. The van der Waals surface area contributed by atoms with Gasteiger partial charge in [-0.25, -0.2) is 4.68 Å². The summed E-state index contributed by atoms with van der Waals surface area (Å²) in [5.74, 6) is 0. The Hall–Kier alpha value is -1.28. The van der Waals surface area contributed by atoms with Gasteiger partial charge in [0.15, 0.2) is 0 Å². The molecule has 1 aromatic heterocycles. The molecular formula is C12H16ClF3N4O. The van der Waals surface area contributed by atoms with Crippen LogP contribution in [-0.4, -0.2) is 28.0 Å². The van der Waals surface area contributed by atoms with Crippen molar-refractivity contribution in [1.82, 2.24) is 9.78 Å². The molecule has 0 spiro atoms. The van der Waals surface area contributed by atoms with Crippen molar-refractivity contribution < 1.29 is 13.2 Å². The predicted octanol–water partition coefficient (Wildman–Crippen LogP) is 2.14. The highest BCUT2D eigenvalue weighted by molar-refractivity contribution is 6.32. The van der Waals surface area contributed by atoms with Crippen molar-refractivity contribution in [2.24, 2.45) is 5.73 Å². The fourth-order valence-electron chi connectivity index (χ4n) is 2.39. The molecule has 0 aliphatic heterocycles. The lowest BCUT2D eigenvalue weighted by Gasteiger charge is -2.30. The molecule has 9 heteroatoms. The van der Waals surface area contributed by atoms with Gasteiger partial charge in [0.25, 0.3) is 5.56 Å². The molecule has 2 rings (SSSR count). The summed E-state index contributed by atoms with van der Waals surface area (Å²) in [5, 5.41) is 6.23. The molecule has 1 aliphatic rings. The van der Waals surface area contributed by atoms with Gasteiger partial charge in [-0.1, -0.05) is 24.4 Å². The second-order valence-electron chi connectivity index (χ2n) is 5.15. The summed E-state index contributed by atoms with van der Waals surface area (Å²) < 4.78 is 37.2. The summed E-state index contributed by atoms with van der Waals surface area (Å²) in [5.41, 5.74) is 5.23. The number of nitrogens with zero attached hydrogens (tertiary/aromatic N) is 2. The first-order valence-corrected chi connectivity index (χ1v) is 7.00. The van der Waals surface area contributed by atoms with Gasteiger partial charge in [-0.3, -0.25) is 4.79 Å². The maximum atomic E-state index is 12.3. The first-order valence-electron chi connectivity index (χ1n) is 6.62. The molecule has 1 aliphatic carbocycles. The quantitative estimate of drug-likeness (QED) is 0.893. The van der Waals surface area contributed by atoms with E-state index >= 15 is 0 Å². The Morgan fingerprint density at radius 3 is 2.71 bits per heavy atom. The van der Waals surface area contributed by atoms with Gasteiger partial charge in [0.05, 0.1) is 11.9 Å². The second kappa shape index (κ2) is 6.23. The largest absolute Gasteiger partial charge is 0.408 e. The third-order valence-electron chi connectivity index (χ3n) is 3.47. The van der Waals surface area contributed by atoms with Crippen LogP contribution in [0.4, 0.5) is 18.9 Å². The zero-order valence-electron chi connectivity index (χ0n) is 11.2. The highest BCUT2D eigenvalue weighted by Gasteiger charge is 2.30. The van der Waals surface area contributed by atoms with Crippen LogP contribution in [0.2, 0.25) is 5.02 Å². The molecule has 1 saturated carbocycles. The average Bonchev–Trinajstić information content (AvgIpc) is 2.39. The Kier molecular flexibility index (Phi) is 4.77. The van der Waals surface area contributed by atoms with Crippen molar-refractivity contribution >= 4 is 17.3 Å². The van der Waals surface area contributed by atoms with Gasteiger partial charge < -0.3 is 11.1 Å². The van der Waals surface area contributed by atoms with Gasteiger partial charge in [-0.05, 0) is 12.8 Å². The van der Waals surface area contributed by atoms with E-state index in [1.807, 2.05) is 0 Å². The lowest BCUT2D eigenvalue weighted by Crippen LogP contribution is -2.43. The average molecular weight is 325 g/mol. The molecule has 0 bridgehead atoms. The van der Waals surface area contributed by atoms with E-state index in [9.17, 15) is 18.0 Å². The second-order valence-corrected chi connectivity index (χ2v) is 5.53. The van der Waals surface area contributed by atoms with Crippen LogP contribution < -0.4 is 16.6 Å². The van der Waals surface area contributed by atoms with Crippen LogP contribution in [0.1, 0.15) is 25.7 Å². The number of alkyl halides is 3. The zero-order chi connectivity index (χ0) is 15.6. The summed E-state index contributed by atoms with van der Waals surface area (Å²) in [6, 6.07) is -0.136. The van der Waals surface area contributed by atoms with Gasteiger partial charge in [0.1, 0.15) is 11.6 Å². The van der Waals surface area contributed by atoms with Gasteiger partial charge in [0.2, 0.25) is 0 Å². The first-order chi connectivity index (χ1) is 9.78. The number of rotatable bonds is 3. The van der Waals surface area contributed by atoms with E-state index in [0.717, 1.165) is 31.9 Å². The normalized spacial score (nSPS) is 23.1. The number of nitrogens with one attached hydrogen (secondary N) is 1. The van der Waals surface area contributed by atoms with Crippen LogP contribution in [0.15, 0.2) is 11.0 Å². The van der Waals surface area contributed by atoms with Crippen LogP contribution in [0.3, 0.4) is 0 Å². The minimum absolute atomic E-state index is 0.0593. The topological polar surface area (TPSA) is 72.9 Å². The lowest BCUT2D eigenvalue weighted by molar-refractivity contribution is -0.143. The maximum absolute atomic E-state index is 12.3. The molecule has 3 N–H and O–H groups in total. The molecule has 1 aromatic rings. The van der Waals surface area contributed by atoms with Crippen molar-refractivity contribution in [1.29, 1.82) is 0 Å². The number of hydrogen-bond acceptors (Lipinski definition) is 4. The van der Waals surface area contributed by atoms with E-state index < -0.39 is 18.3 Å². The van der Waals surface area contributed by atoms with Crippen molar-refractivity contribution in [3.63, 3.8) is 0 Å². The van der Waals surface area contributed by atoms with Crippen LogP contribution in [0.5, 0.6) is 0 Å². The van der Waals surface area contributed by atoms with Crippen molar-refractivity contribution in [3.8, 4) is 0 Å². The third-order valence-corrected chi connectivity index (χ3v) is 3.84. The summed E-state index contributed by atoms with van der Waals surface area (Å²) in [6.07, 6.45) is 0.328. The van der Waals surface area contributed by atoms with Crippen LogP contribution in [0.25, 0.3) is 0 Å². The molecule has 0 saturated heterocycles. The van der Waals surface area contributed by atoms with Gasteiger partial charge in [-0.15, -0.1) is 0 Å². The van der Waals surface area contributed by atoms with E-state index in [0.29, 0.717) is 4.68 Å². The molecule has 2 atom stereocenters. The van der Waals surface area contributed by atoms with Crippen LogP contribution in [0, 0.1) is 0 Å². The minimum Gasteiger partial charge on any atom is -0.378 e. The van der Waals surface area contributed by atoms with Crippen molar-refractivity contribution in [3.05, 3.63) is 21.6 Å². The standard InChI is InChI=1S/C12H16ClF3N4O/c13-10-9(19-8-4-2-1-3-7(8)17)5-18-20(11(10)21)6-12(14,15)16/h5,7-8,19H,1-4,6,17H2/t7-,8-/m1/s1. The lowest BCUT2D eigenvalue weighted by atomic mass is 9.91. The monoisotopic (exact) mass is 324 g/mol. The van der Waals surface area contributed by atoms with Crippen molar-refractivity contribution in [2.75, 3.05) is 5.32 Å². The Bertz CT molecular complexity index is 560. The molecule has 1 heterocycles. The SMILES string of the molecule is N[C@@H]1CCCC[C@H]1Nc1cnn(CC(F)(F)F)c(=O)c1Cl. The van der Waals surface area contributed by atoms with E-state index in [1.54, 1.807) is 0 Å². The first kappa shape index (κ1) is 16.1. The molecular weight excluding hydrogens is 309 g/mol. The van der Waals surface area contributed by atoms with Gasteiger partial charge in [-0.2, -0.15) is 18.3 Å². The molecule has 5 nitrogen and oxygen atoms in total. The number of aromatic nitrogens is 2. The van der Waals surface area contributed by atoms with E-state index in [1.165, 1.54) is 0 Å². The van der Waals surface area contributed by atoms with Gasteiger partial charge in [0, 0.05) is 12.1 Å². The van der Waals surface area contributed by atoms with Crippen LogP contribution in [-0.2, 0) is 6.54 Å². The highest BCUT2D eigenvalue weighted by Crippen LogP contribution is 2.24. The van der Waals surface area contributed by atoms with Gasteiger partial charge >= 0.3 is 6.18 Å². The highest BCUT2D eigenvalue weighted by atomic mass is 35.5. The number of hydrogen-bond donors (Lipinski definition) is 2. The Balaban J connectivity index is 2.18. The summed E-state index contributed by atoms with van der Waals surface area (Å²) in [4.78, 5) is 11.8. The molecule has 118 valence electrons. The number of anilines is 1.